The van der Waals surface area contributed by atoms with Crippen LogP contribution in [0.25, 0.3) is 0 Å². The van der Waals surface area contributed by atoms with Gasteiger partial charge >= 0.3 is 0 Å². The Morgan fingerprint density at radius 3 is 2.02 bits per heavy atom. The highest BCUT2D eigenvalue weighted by molar-refractivity contribution is 6.02. The van der Waals surface area contributed by atoms with Crippen molar-refractivity contribution in [2.75, 3.05) is 66.6 Å². The number of rotatable bonds is 7. The van der Waals surface area contributed by atoms with E-state index in [1.54, 1.807) is 45.4 Å². The van der Waals surface area contributed by atoms with Gasteiger partial charge in [0, 0.05) is 38.8 Å². The van der Waals surface area contributed by atoms with Crippen LogP contribution in [0.2, 0.25) is 0 Å². The Morgan fingerprint density at radius 1 is 0.775 bits per heavy atom. The van der Waals surface area contributed by atoms with Gasteiger partial charge in [0.2, 0.25) is 5.91 Å². The summed E-state index contributed by atoms with van der Waals surface area (Å²) in [7, 11) is 8.11. The first-order valence-corrected chi connectivity index (χ1v) is 13.3. The van der Waals surface area contributed by atoms with E-state index in [0.717, 1.165) is 17.0 Å². The third-order valence-corrected chi connectivity index (χ3v) is 7.92. The van der Waals surface area contributed by atoms with Crippen LogP contribution in [-0.4, -0.2) is 83.3 Å². The second kappa shape index (κ2) is 11.4. The predicted octanol–water partition coefficient (Wildman–Crippen LogP) is 3.98. The SMILES string of the molecule is COc1ccc(C2C(C(=O)N3CCN(c4ccccc4OC)CC3)c3cc(OC)c(OC)cc3C(=O)N2C)cc1. The van der Waals surface area contributed by atoms with Gasteiger partial charge in [-0.2, -0.15) is 0 Å². The number of hydrogen-bond acceptors (Lipinski definition) is 7. The molecule has 1 fully saturated rings. The molecule has 210 valence electrons. The summed E-state index contributed by atoms with van der Waals surface area (Å²) in [6.07, 6.45) is 0. The third kappa shape index (κ3) is 4.76. The molecule has 9 heteroatoms. The second-order valence-electron chi connectivity index (χ2n) is 9.89. The lowest BCUT2D eigenvalue weighted by Gasteiger charge is -2.43. The zero-order chi connectivity index (χ0) is 28.4. The topological polar surface area (TPSA) is 80.8 Å². The maximum atomic E-state index is 14.4. The molecule has 0 radical (unpaired) electrons. The lowest BCUT2D eigenvalue weighted by Crippen LogP contribution is -2.53. The largest absolute Gasteiger partial charge is 0.497 e. The van der Waals surface area contributed by atoms with Gasteiger partial charge < -0.3 is 33.6 Å². The number of carbonyl (C=O) groups is 2. The van der Waals surface area contributed by atoms with Gasteiger partial charge in [0.15, 0.2) is 11.5 Å². The molecular weight excluding hydrogens is 510 g/mol. The molecule has 2 unspecified atom stereocenters. The predicted molar refractivity (Wildman–Crippen MR) is 152 cm³/mol. The Bertz CT molecular complexity index is 1380. The highest BCUT2D eigenvalue weighted by Crippen LogP contribution is 2.46. The van der Waals surface area contributed by atoms with Gasteiger partial charge in [-0.15, -0.1) is 0 Å². The van der Waals surface area contributed by atoms with Crippen LogP contribution in [0.3, 0.4) is 0 Å². The number of carbonyl (C=O) groups excluding carboxylic acids is 2. The minimum atomic E-state index is -0.635. The highest BCUT2D eigenvalue weighted by Gasteiger charge is 2.45. The van der Waals surface area contributed by atoms with Crippen LogP contribution in [-0.2, 0) is 4.79 Å². The molecule has 40 heavy (non-hydrogen) atoms. The van der Waals surface area contributed by atoms with Crippen LogP contribution in [0, 0.1) is 0 Å². The minimum Gasteiger partial charge on any atom is -0.497 e. The first kappa shape index (κ1) is 27.2. The monoisotopic (exact) mass is 545 g/mol. The fourth-order valence-corrected chi connectivity index (χ4v) is 5.79. The van der Waals surface area contributed by atoms with Crippen LogP contribution in [0.4, 0.5) is 5.69 Å². The number of hydrogen-bond donors (Lipinski definition) is 0. The van der Waals surface area contributed by atoms with Crippen molar-refractivity contribution in [1.29, 1.82) is 0 Å². The van der Waals surface area contributed by atoms with E-state index in [-0.39, 0.29) is 11.8 Å². The Balaban J connectivity index is 1.52. The highest BCUT2D eigenvalue weighted by atomic mass is 16.5. The van der Waals surface area contributed by atoms with Gasteiger partial charge in [-0.3, -0.25) is 9.59 Å². The Labute approximate surface area is 234 Å². The van der Waals surface area contributed by atoms with E-state index in [2.05, 4.69) is 4.90 Å². The van der Waals surface area contributed by atoms with Crippen molar-refractivity contribution in [3.63, 3.8) is 0 Å². The van der Waals surface area contributed by atoms with Crippen molar-refractivity contribution in [2.45, 2.75) is 12.0 Å². The molecule has 0 aliphatic carbocycles. The molecular formula is C31H35N3O6. The van der Waals surface area contributed by atoms with E-state index < -0.39 is 12.0 Å². The van der Waals surface area contributed by atoms with Crippen molar-refractivity contribution >= 4 is 17.5 Å². The van der Waals surface area contributed by atoms with Crippen LogP contribution in [0.15, 0.2) is 60.7 Å². The Kier molecular flexibility index (Phi) is 7.73. The molecule has 3 aromatic carbocycles. The van der Waals surface area contributed by atoms with Gasteiger partial charge in [-0.1, -0.05) is 24.3 Å². The van der Waals surface area contributed by atoms with E-state index >= 15 is 0 Å². The maximum absolute atomic E-state index is 14.4. The number of nitrogens with zero attached hydrogens (tertiary/aromatic N) is 3. The number of ether oxygens (including phenoxy) is 4. The summed E-state index contributed by atoms with van der Waals surface area (Å²) in [6, 6.07) is 18.4. The normalized spacial score (nSPS) is 18.7. The number of amides is 2. The van der Waals surface area contributed by atoms with E-state index in [0.29, 0.717) is 54.6 Å². The van der Waals surface area contributed by atoms with Crippen molar-refractivity contribution < 1.29 is 28.5 Å². The molecule has 0 N–H and O–H groups in total. The summed E-state index contributed by atoms with van der Waals surface area (Å²) >= 11 is 0. The molecule has 9 nitrogen and oxygen atoms in total. The molecule has 0 saturated carbocycles. The molecule has 2 heterocycles. The zero-order valence-corrected chi connectivity index (χ0v) is 23.5. The summed E-state index contributed by atoms with van der Waals surface area (Å²) in [5.74, 6) is 1.59. The number of fused-ring (bicyclic) bond motifs is 1. The summed E-state index contributed by atoms with van der Waals surface area (Å²) in [6.45, 7) is 2.42. The molecule has 2 amide bonds. The molecule has 0 bridgehead atoms. The fourth-order valence-electron chi connectivity index (χ4n) is 5.79. The number of likely N-dealkylation sites (N-methyl/N-ethyl adjacent to an activating group) is 1. The molecule has 3 aromatic rings. The maximum Gasteiger partial charge on any atom is 0.254 e. The van der Waals surface area contributed by atoms with Crippen LogP contribution < -0.4 is 23.8 Å². The zero-order valence-electron chi connectivity index (χ0n) is 23.5. The molecule has 5 rings (SSSR count). The van der Waals surface area contributed by atoms with Crippen molar-refractivity contribution in [2.24, 2.45) is 0 Å². The molecule has 1 saturated heterocycles. The standard InChI is InChI=1S/C31H35N3O6/c1-32-29(20-10-12-21(37-2)13-11-20)28(22-18-26(39-4)27(40-5)19-23(22)30(32)35)31(36)34-16-14-33(15-17-34)24-8-6-7-9-25(24)38-3/h6-13,18-19,28-29H,14-17H2,1-5H3. The van der Waals surface area contributed by atoms with Crippen LogP contribution in [0.5, 0.6) is 23.0 Å². The number of piperazine rings is 1. The number of methoxy groups -OCH3 is 4. The third-order valence-electron chi connectivity index (χ3n) is 7.92. The number of benzene rings is 3. The molecule has 2 aliphatic heterocycles. The van der Waals surface area contributed by atoms with Gasteiger partial charge in [-0.25, -0.2) is 0 Å². The lowest BCUT2D eigenvalue weighted by atomic mass is 9.78. The quantitative estimate of drug-likeness (QED) is 0.444. The molecule has 0 spiro atoms. The molecule has 2 atom stereocenters. The van der Waals surface area contributed by atoms with Gasteiger partial charge in [0.25, 0.3) is 5.91 Å². The fraction of sp³-hybridized carbons (Fsp3) is 0.355. The van der Waals surface area contributed by atoms with E-state index in [9.17, 15) is 9.59 Å². The van der Waals surface area contributed by atoms with Gasteiger partial charge in [0.1, 0.15) is 11.5 Å². The van der Waals surface area contributed by atoms with E-state index in [4.69, 9.17) is 18.9 Å². The summed E-state index contributed by atoms with van der Waals surface area (Å²) in [5, 5.41) is 0. The smallest absolute Gasteiger partial charge is 0.254 e. The van der Waals surface area contributed by atoms with Crippen molar-refractivity contribution in [3.8, 4) is 23.0 Å². The second-order valence-corrected chi connectivity index (χ2v) is 9.89. The Hall–Kier alpha value is -4.40. The van der Waals surface area contributed by atoms with E-state index in [1.807, 2.05) is 53.4 Å². The van der Waals surface area contributed by atoms with Crippen molar-refractivity contribution in [1.82, 2.24) is 9.80 Å². The lowest BCUT2D eigenvalue weighted by molar-refractivity contribution is -0.134. The summed E-state index contributed by atoms with van der Waals surface area (Å²) in [4.78, 5) is 33.9. The van der Waals surface area contributed by atoms with Gasteiger partial charge in [-0.05, 0) is 47.5 Å². The average Bonchev–Trinajstić information content (AvgIpc) is 3.01. The minimum absolute atomic E-state index is 0.0340. The molecule has 2 aliphatic rings. The summed E-state index contributed by atoms with van der Waals surface area (Å²) in [5.41, 5.74) is 2.94. The van der Waals surface area contributed by atoms with Gasteiger partial charge in [0.05, 0.1) is 46.1 Å². The number of anilines is 1. The van der Waals surface area contributed by atoms with Crippen LogP contribution >= 0.6 is 0 Å². The molecule has 0 aromatic heterocycles. The van der Waals surface area contributed by atoms with Crippen LogP contribution in [0.1, 0.15) is 33.4 Å². The van der Waals surface area contributed by atoms with Crippen molar-refractivity contribution in [3.05, 3.63) is 77.4 Å². The summed E-state index contributed by atoms with van der Waals surface area (Å²) < 4.78 is 22.0. The Morgan fingerprint density at radius 2 is 1.40 bits per heavy atom. The number of para-hydroxylation sites is 2. The first-order valence-electron chi connectivity index (χ1n) is 13.3. The average molecular weight is 546 g/mol. The first-order chi connectivity index (χ1) is 19.4. The van der Waals surface area contributed by atoms with E-state index in [1.165, 1.54) is 7.11 Å².